The van der Waals surface area contributed by atoms with Gasteiger partial charge in [-0.15, -0.1) is 0 Å². The molecule has 2 aromatic rings. The number of guanidine groups is 1. The van der Waals surface area contributed by atoms with Crippen LogP contribution in [0.3, 0.4) is 0 Å². The molecule has 0 unspecified atom stereocenters. The summed E-state index contributed by atoms with van der Waals surface area (Å²) < 4.78 is 0. The van der Waals surface area contributed by atoms with Crippen LogP contribution in [-0.2, 0) is 60.8 Å². The second kappa shape index (κ2) is 29.0. The Morgan fingerprint density at radius 1 is 0.606 bits per heavy atom. The van der Waals surface area contributed by atoms with E-state index in [1.54, 1.807) is 0 Å². The van der Waals surface area contributed by atoms with Crippen molar-refractivity contribution in [2.24, 2.45) is 27.9 Å². The number of aromatic nitrogens is 4. The van der Waals surface area contributed by atoms with Crippen molar-refractivity contribution in [1.29, 1.82) is 0 Å². The Hall–Kier alpha value is -6.60. The molecule has 2 rings (SSSR count). The van der Waals surface area contributed by atoms with Gasteiger partial charge in [-0.2, -0.15) is 37.9 Å². The van der Waals surface area contributed by atoms with Crippen LogP contribution in [0.2, 0.25) is 0 Å². The first-order chi connectivity index (χ1) is 31.3. The van der Waals surface area contributed by atoms with Crippen LogP contribution < -0.4 is 65.5 Å². The highest BCUT2D eigenvalue weighted by molar-refractivity contribution is 7.80. The van der Waals surface area contributed by atoms with Crippen molar-refractivity contribution in [1.82, 2.24) is 62.5 Å². The molecule has 0 fully saturated rings. The topological polar surface area (TPSA) is 461 Å². The highest BCUT2D eigenvalue weighted by Crippen LogP contribution is 2.06. The van der Waals surface area contributed by atoms with Gasteiger partial charge in [0, 0.05) is 60.4 Å². The smallest absolute Gasteiger partial charge is 0.327 e. The van der Waals surface area contributed by atoms with E-state index in [2.05, 4.69) is 105 Å². The number of carbonyl (C=O) groups is 10. The first-order valence-electron chi connectivity index (χ1n) is 19.7. The number of thiol groups is 3. The van der Waals surface area contributed by atoms with Gasteiger partial charge in [0.1, 0.15) is 36.3 Å². The molecule has 9 amide bonds. The average molecular weight is 986 g/mol. The van der Waals surface area contributed by atoms with Gasteiger partial charge in [-0.1, -0.05) is 0 Å². The third-order valence-electron chi connectivity index (χ3n) is 8.87. The van der Waals surface area contributed by atoms with Crippen molar-refractivity contribution in [3.05, 3.63) is 36.4 Å². The minimum Gasteiger partial charge on any atom is -0.480 e. The van der Waals surface area contributed by atoms with Crippen molar-refractivity contribution in [3.63, 3.8) is 0 Å². The predicted octanol–water partition coefficient (Wildman–Crippen LogP) is -7.81. The lowest BCUT2D eigenvalue weighted by Gasteiger charge is -2.25. The minimum atomic E-state index is -1.58. The lowest BCUT2D eigenvalue weighted by molar-refractivity contribution is -0.141. The summed E-state index contributed by atoms with van der Waals surface area (Å²) in [6.07, 6.45) is 4.59. The summed E-state index contributed by atoms with van der Waals surface area (Å²) in [5.41, 5.74) is 23.1. The molecule has 2 aromatic heterocycles. The van der Waals surface area contributed by atoms with Gasteiger partial charge in [-0.05, 0) is 12.8 Å². The zero-order valence-electron chi connectivity index (χ0n) is 35.2. The van der Waals surface area contributed by atoms with Crippen LogP contribution in [0.15, 0.2) is 30.0 Å². The highest BCUT2D eigenvalue weighted by atomic mass is 32.1. The zero-order valence-corrected chi connectivity index (χ0v) is 37.8. The summed E-state index contributed by atoms with van der Waals surface area (Å²) in [7, 11) is 0. The van der Waals surface area contributed by atoms with E-state index in [1.165, 1.54) is 25.0 Å². The maximum atomic E-state index is 13.9. The molecule has 364 valence electrons. The number of rotatable bonds is 30. The second-order valence-corrected chi connectivity index (χ2v) is 15.2. The molecule has 0 radical (unpaired) electrons. The van der Waals surface area contributed by atoms with Gasteiger partial charge in [0.25, 0.3) is 0 Å². The predicted molar refractivity (Wildman–Crippen MR) is 243 cm³/mol. The number of carboxylic acid groups (broad SMARTS) is 1. The molecule has 0 aliphatic carbocycles. The summed E-state index contributed by atoms with van der Waals surface area (Å²) in [6, 6.07) is -9.57. The fourth-order valence-electron chi connectivity index (χ4n) is 5.48. The van der Waals surface area contributed by atoms with Gasteiger partial charge in [0.15, 0.2) is 5.96 Å². The Morgan fingerprint density at radius 2 is 1.06 bits per heavy atom. The third kappa shape index (κ3) is 20.5. The summed E-state index contributed by atoms with van der Waals surface area (Å²) in [5, 5.41) is 28.0. The fraction of sp³-hybridized carbons (Fsp3) is 0.514. The van der Waals surface area contributed by atoms with Crippen molar-refractivity contribution in [2.45, 2.75) is 74.4 Å². The number of imidazole rings is 2. The van der Waals surface area contributed by atoms with E-state index in [1.807, 2.05) is 0 Å². The number of nitrogens with one attached hydrogen (secondary N) is 10. The van der Waals surface area contributed by atoms with Crippen LogP contribution in [-0.4, -0.2) is 169 Å². The number of aromatic amines is 2. The van der Waals surface area contributed by atoms with Gasteiger partial charge in [0.2, 0.25) is 53.2 Å². The molecule has 0 aliphatic heterocycles. The molecular weight excluding hydrogens is 931 g/mol. The number of carboxylic acids is 1. The van der Waals surface area contributed by atoms with Gasteiger partial charge >= 0.3 is 5.97 Å². The number of amides is 9. The number of H-pyrrole nitrogens is 2. The van der Waals surface area contributed by atoms with E-state index in [9.17, 15) is 47.9 Å². The lowest BCUT2D eigenvalue weighted by atomic mass is 10.1. The number of nitrogens with zero attached hydrogens (tertiary/aromatic N) is 3. The van der Waals surface area contributed by atoms with E-state index in [0.29, 0.717) is 11.4 Å². The van der Waals surface area contributed by atoms with E-state index in [-0.39, 0.29) is 55.4 Å². The van der Waals surface area contributed by atoms with Gasteiger partial charge < -0.3 is 80.5 Å². The number of aliphatic imine (C=N–C) groups is 1. The molecule has 0 bridgehead atoms. The standard InChI is InChI=1S/C35H55N17O11S3/c36-18(4-16-7-40-14-45-16)28(56)50-21(6-25(37)53)32(60)51-20(5-17-8-41-15-46-17)31(59)49-19(2-1-3-42-35(38)39)29(57)43-9-26(54)47-22(11-64)30(58)44-10-27(55)48-23(12-65)33(61)52-24(13-66)34(62)63/h7-8,14-15,18-24,64-66H,1-6,9-13,36H2,(H2,37,53)(H,40,45)(H,41,46)(H,43,57)(H,44,58)(H,47,54)(H,48,55)(H,49,59)(H,50,56)(H,51,60)(H,52,61)(H,62,63)(H4,38,39,42)/t18-,19-,20-,21-,22-,23-,24-/m0/s1. The Morgan fingerprint density at radius 3 is 1.55 bits per heavy atom. The van der Waals surface area contributed by atoms with Crippen molar-refractivity contribution in [3.8, 4) is 0 Å². The van der Waals surface area contributed by atoms with Crippen molar-refractivity contribution < 1.29 is 53.1 Å². The number of nitrogens with two attached hydrogens (primary N) is 4. The molecule has 0 saturated carbocycles. The quantitative estimate of drug-likeness (QED) is 0.0150. The van der Waals surface area contributed by atoms with Crippen LogP contribution in [0.4, 0.5) is 0 Å². The molecule has 66 heavy (non-hydrogen) atoms. The van der Waals surface area contributed by atoms with E-state index in [0.717, 1.165) is 0 Å². The monoisotopic (exact) mass is 985 g/mol. The maximum absolute atomic E-state index is 13.9. The zero-order chi connectivity index (χ0) is 49.3. The molecule has 19 N–H and O–H groups in total. The number of hydrogen-bond acceptors (Lipinski definition) is 17. The van der Waals surface area contributed by atoms with Crippen LogP contribution in [0, 0.1) is 0 Å². The van der Waals surface area contributed by atoms with Crippen molar-refractivity contribution >= 4 is 103 Å². The molecule has 0 saturated heterocycles. The molecule has 31 heteroatoms. The SMILES string of the molecule is NC(=O)C[C@H](NC(=O)[C@@H](N)Cc1cnc[nH]1)C(=O)N[C@@H](Cc1cnc[nH]1)C(=O)N[C@@H](CCCN=C(N)N)C(=O)NCC(=O)N[C@@H](CS)C(=O)NCC(=O)N[C@@H](CS)C(=O)N[C@@H](CS)C(=O)O. The first-order valence-corrected chi connectivity index (χ1v) is 21.6. The largest absolute Gasteiger partial charge is 0.480 e. The van der Waals surface area contributed by atoms with Gasteiger partial charge in [0.05, 0.1) is 38.2 Å². The normalized spacial score (nSPS) is 13.9. The Kier molecular flexibility index (Phi) is 24.4. The molecule has 28 nitrogen and oxygen atoms in total. The van der Waals surface area contributed by atoms with Crippen molar-refractivity contribution in [2.75, 3.05) is 36.9 Å². The van der Waals surface area contributed by atoms with E-state index < -0.39 is 121 Å². The summed E-state index contributed by atoms with van der Waals surface area (Å²) in [6.45, 7) is -1.38. The minimum absolute atomic E-state index is 0.000787. The average Bonchev–Trinajstić information content (AvgIpc) is 3.99. The lowest BCUT2D eigenvalue weighted by Crippen LogP contribution is -2.59. The maximum Gasteiger partial charge on any atom is 0.327 e. The molecule has 0 aromatic carbocycles. The van der Waals surface area contributed by atoms with E-state index in [4.69, 9.17) is 28.0 Å². The third-order valence-corrected chi connectivity index (χ3v) is 9.97. The van der Waals surface area contributed by atoms with Gasteiger partial charge in [-0.25, -0.2) is 14.8 Å². The fourth-order valence-corrected chi connectivity index (χ4v) is 6.24. The van der Waals surface area contributed by atoms with E-state index >= 15 is 0 Å². The summed E-state index contributed by atoms with van der Waals surface area (Å²) in [4.78, 5) is 145. The Bertz CT molecular complexity index is 2010. The number of primary amides is 1. The highest BCUT2D eigenvalue weighted by Gasteiger charge is 2.32. The van der Waals surface area contributed by atoms with Crippen LogP contribution >= 0.6 is 37.9 Å². The summed E-state index contributed by atoms with van der Waals surface area (Å²) in [5.74, 6) is -10.4. The number of carbonyl (C=O) groups excluding carboxylic acids is 9. The molecule has 2 heterocycles. The number of aliphatic carboxylic acids is 1. The molecular formula is C35H55N17O11S3. The summed E-state index contributed by atoms with van der Waals surface area (Å²) >= 11 is 11.9. The molecule has 0 spiro atoms. The van der Waals surface area contributed by atoms with Crippen LogP contribution in [0.25, 0.3) is 0 Å². The molecule has 7 atom stereocenters. The first kappa shape index (κ1) is 55.5. The Labute approximate surface area is 392 Å². The second-order valence-electron chi connectivity index (χ2n) is 14.1. The van der Waals surface area contributed by atoms with Crippen LogP contribution in [0.5, 0.6) is 0 Å². The van der Waals surface area contributed by atoms with Crippen LogP contribution in [0.1, 0.15) is 30.7 Å². The van der Waals surface area contributed by atoms with Gasteiger partial charge in [-0.3, -0.25) is 48.1 Å². The number of hydrogen-bond donors (Lipinski definition) is 18. The Balaban J connectivity index is 2.14. The molecule has 0 aliphatic rings.